The smallest absolute Gasteiger partial charge is 0.210 e. The van der Waals surface area contributed by atoms with Crippen molar-refractivity contribution in [3.8, 4) is 11.3 Å². The van der Waals surface area contributed by atoms with Crippen molar-refractivity contribution >= 4 is 19.7 Å². The van der Waals surface area contributed by atoms with Crippen LogP contribution in [0.15, 0.2) is 30.5 Å². The molecule has 1 amide bonds. The van der Waals surface area contributed by atoms with Gasteiger partial charge >= 0.3 is 0 Å². The van der Waals surface area contributed by atoms with Crippen molar-refractivity contribution in [2.45, 2.75) is 18.9 Å². The summed E-state index contributed by atoms with van der Waals surface area (Å²) in [5.74, 6) is 0.889. The first-order valence-corrected chi connectivity index (χ1v) is 6.61. The van der Waals surface area contributed by atoms with Gasteiger partial charge < -0.3 is 9.88 Å². The van der Waals surface area contributed by atoms with E-state index < -0.39 is 0 Å². The molecule has 1 aromatic carbocycles. The van der Waals surface area contributed by atoms with Crippen LogP contribution in [0.2, 0.25) is 0 Å². The Morgan fingerprint density at radius 1 is 1.37 bits per heavy atom. The second-order valence-electron chi connectivity index (χ2n) is 5.04. The van der Waals surface area contributed by atoms with Gasteiger partial charge in [0.15, 0.2) is 0 Å². The highest BCUT2D eigenvalue weighted by molar-refractivity contribution is 6.32. The van der Waals surface area contributed by atoms with Crippen molar-refractivity contribution in [3.63, 3.8) is 0 Å². The molecule has 1 N–H and O–H groups in total. The fourth-order valence-electron chi connectivity index (χ4n) is 2.59. The van der Waals surface area contributed by atoms with Crippen LogP contribution in [0.25, 0.3) is 11.3 Å². The average Bonchev–Trinajstić information content (AvgIpc) is 3.07. The number of rotatable bonds is 3. The molecule has 96 valence electrons. The second kappa shape index (κ2) is 4.92. The van der Waals surface area contributed by atoms with Gasteiger partial charge in [0.2, 0.25) is 6.41 Å². The Hall–Kier alpha value is -2.04. The summed E-state index contributed by atoms with van der Waals surface area (Å²) in [4.78, 5) is 20.7. The molecule has 19 heavy (non-hydrogen) atoms. The normalized spacial score (nSPS) is 18.7. The number of carbonyl (C=O) groups is 1. The molecule has 1 aromatic heterocycles. The molecule has 2 heterocycles. The Morgan fingerprint density at radius 3 is 2.89 bits per heavy atom. The predicted molar refractivity (Wildman–Crippen MR) is 76.9 cm³/mol. The second-order valence-corrected chi connectivity index (χ2v) is 5.04. The molecule has 2 aromatic rings. The minimum Gasteiger partial charge on any atom is -0.346 e. The van der Waals surface area contributed by atoms with Crippen molar-refractivity contribution in [2.75, 3.05) is 6.54 Å². The number of imidazole rings is 1. The van der Waals surface area contributed by atoms with Gasteiger partial charge in [-0.3, -0.25) is 4.79 Å². The molecule has 5 heteroatoms. The number of amides is 1. The number of likely N-dealkylation sites (tertiary alicyclic amines) is 1. The van der Waals surface area contributed by atoms with Gasteiger partial charge in [0.25, 0.3) is 0 Å². The van der Waals surface area contributed by atoms with Crippen molar-refractivity contribution < 1.29 is 4.79 Å². The third kappa shape index (κ3) is 2.28. The molecule has 1 fully saturated rings. The summed E-state index contributed by atoms with van der Waals surface area (Å²) in [6.07, 6.45) is 4.87. The number of benzene rings is 1. The van der Waals surface area contributed by atoms with Crippen LogP contribution in [0.5, 0.6) is 0 Å². The molecule has 3 rings (SSSR count). The minimum absolute atomic E-state index is 0.108. The fraction of sp³-hybridized carbons (Fsp3) is 0.286. The summed E-state index contributed by atoms with van der Waals surface area (Å²) >= 11 is 0. The molecule has 1 aliphatic heterocycles. The summed E-state index contributed by atoms with van der Waals surface area (Å²) in [6.45, 7) is 0.828. The summed E-state index contributed by atoms with van der Waals surface area (Å²) in [5, 5.41) is 0. The lowest BCUT2D eigenvalue weighted by Crippen LogP contribution is -2.21. The van der Waals surface area contributed by atoms with E-state index in [1.54, 1.807) is 0 Å². The number of carbonyl (C=O) groups excluding carboxylic acids is 1. The SMILES string of the molecule is Bc1ccc(-c2c[nH]c(C3CCCN3C=O)n2)cc1. The Labute approximate surface area is 113 Å². The number of nitrogens with one attached hydrogen (secondary N) is 1. The van der Waals surface area contributed by atoms with E-state index in [1.165, 1.54) is 5.46 Å². The zero-order valence-corrected chi connectivity index (χ0v) is 11.0. The van der Waals surface area contributed by atoms with Crippen LogP contribution < -0.4 is 5.46 Å². The highest BCUT2D eigenvalue weighted by Gasteiger charge is 2.27. The minimum atomic E-state index is 0.108. The molecular weight excluding hydrogens is 237 g/mol. The van der Waals surface area contributed by atoms with Crippen LogP contribution in [-0.4, -0.2) is 35.7 Å². The van der Waals surface area contributed by atoms with Gasteiger partial charge in [-0.2, -0.15) is 0 Å². The largest absolute Gasteiger partial charge is 0.346 e. The lowest BCUT2D eigenvalue weighted by molar-refractivity contribution is -0.119. The van der Waals surface area contributed by atoms with E-state index in [9.17, 15) is 4.79 Å². The molecule has 1 saturated heterocycles. The average molecular weight is 253 g/mol. The third-order valence-electron chi connectivity index (χ3n) is 3.69. The van der Waals surface area contributed by atoms with E-state index >= 15 is 0 Å². The van der Waals surface area contributed by atoms with E-state index in [0.717, 1.165) is 42.9 Å². The molecule has 0 spiro atoms. The fourth-order valence-corrected chi connectivity index (χ4v) is 2.59. The Bertz CT molecular complexity index is 579. The number of hydrogen-bond acceptors (Lipinski definition) is 2. The molecule has 0 radical (unpaired) electrons. The maximum Gasteiger partial charge on any atom is 0.210 e. The number of hydrogen-bond donors (Lipinski definition) is 1. The molecule has 4 nitrogen and oxygen atoms in total. The molecule has 0 aliphatic carbocycles. The van der Waals surface area contributed by atoms with Gasteiger partial charge in [-0.1, -0.05) is 29.7 Å². The lowest BCUT2D eigenvalue weighted by atomic mass is 9.95. The van der Waals surface area contributed by atoms with Crippen molar-refractivity contribution in [3.05, 3.63) is 36.3 Å². The topological polar surface area (TPSA) is 49.0 Å². The van der Waals surface area contributed by atoms with Gasteiger partial charge in [0.1, 0.15) is 13.7 Å². The van der Waals surface area contributed by atoms with Gasteiger partial charge in [-0.25, -0.2) is 4.98 Å². The summed E-state index contributed by atoms with van der Waals surface area (Å²) in [7, 11) is 2.07. The maximum atomic E-state index is 11.0. The monoisotopic (exact) mass is 253 g/mol. The summed E-state index contributed by atoms with van der Waals surface area (Å²) in [6, 6.07) is 8.41. The highest BCUT2D eigenvalue weighted by atomic mass is 16.1. The Kier molecular flexibility index (Phi) is 3.11. The summed E-state index contributed by atoms with van der Waals surface area (Å²) < 4.78 is 0. The van der Waals surface area contributed by atoms with Crippen molar-refractivity contribution in [2.24, 2.45) is 0 Å². The van der Waals surface area contributed by atoms with E-state index in [-0.39, 0.29) is 6.04 Å². The van der Waals surface area contributed by atoms with Gasteiger partial charge in [-0.15, -0.1) is 0 Å². The zero-order valence-electron chi connectivity index (χ0n) is 11.0. The Morgan fingerprint density at radius 2 is 2.16 bits per heavy atom. The van der Waals surface area contributed by atoms with E-state index in [1.807, 2.05) is 11.1 Å². The quantitative estimate of drug-likeness (QED) is 0.644. The molecule has 1 atom stereocenters. The first-order chi connectivity index (χ1) is 9.28. The van der Waals surface area contributed by atoms with Crippen LogP contribution in [-0.2, 0) is 4.79 Å². The van der Waals surface area contributed by atoms with Crippen molar-refractivity contribution in [1.29, 1.82) is 0 Å². The molecular formula is C14H16BN3O. The zero-order chi connectivity index (χ0) is 13.2. The standard InChI is InChI=1S/C14H16BN3O/c15-11-5-3-10(4-6-11)12-8-16-14(17-12)13-2-1-7-18(13)9-19/h3-6,8-9,13H,1-2,7,15H2,(H,16,17). The van der Waals surface area contributed by atoms with Crippen LogP contribution >= 0.6 is 0 Å². The number of H-pyrrole nitrogens is 1. The van der Waals surface area contributed by atoms with E-state index in [2.05, 4.69) is 42.1 Å². The maximum absolute atomic E-state index is 11.0. The van der Waals surface area contributed by atoms with Crippen LogP contribution in [0.1, 0.15) is 24.7 Å². The Balaban J connectivity index is 1.87. The molecule has 1 unspecified atom stereocenters. The predicted octanol–water partition coefficient (Wildman–Crippen LogP) is 0.628. The van der Waals surface area contributed by atoms with E-state index in [4.69, 9.17) is 0 Å². The van der Waals surface area contributed by atoms with Crippen molar-refractivity contribution in [1.82, 2.24) is 14.9 Å². The number of aromatic amines is 1. The van der Waals surface area contributed by atoms with Crippen LogP contribution in [0.4, 0.5) is 0 Å². The van der Waals surface area contributed by atoms with Gasteiger partial charge in [0.05, 0.1) is 11.7 Å². The summed E-state index contributed by atoms with van der Waals surface area (Å²) in [5.41, 5.74) is 3.28. The molecule has 0 saturated carbocycles. The van der Waals surface area contributed by atoms with E-state index in [0.29, 0.717) is 0 Å². The molecule has 1 aliphatic rings. The number of nitrogens with zero attached hydrogens (tertiary/aromatic N) is 2. The van der Waals surface area contributed by atoms with Crippen LogP contribution in [0.3, 0.4) is 0 Å². The first kappa shape index (κ1) is 12.0. The number of aromatic nitrogens is 2. The lowest BCUT2D eigenvalue weighted by Gasteiger charge is -2.17. The highest BCUT2D eigenvalue weighted by Crippen LogP contribution is 2.29. The third-order valence-corrected chi connectivity index (χ3v) is 3.69. The first-order valence-electron chi connectivity index (χ1n) is 6.61. The van der Waals surface area contributed by atoms with Gasteiger partial charge in [-0.05, 0) is 12.8 Å². The van der Waals surface area contributed by atoms with Gasteiger partial charge in [0, 0.05) is 18.3 Å². The molecule has 0 bridgehead atoms. The van der Waals surface area contributed by atoms with Crippen LogP contribution in [0, 0.1) is 0 Å².